The first-order chi connectivity index (χ1) is 5.66. The van der Waals surface area contributed by atoms with E-state index in [1.54, 1.807) is 0 Å². The van der Waals surface area contributed by atoms with Crippen molar-refractivity contribution in [2.75, 3.05) is 0 Å². The van der Waals surface area contributed by atoms with Crippen LogP contribution in [-0.4, -0.2) is 6.03 Å². The third-order valence-electron chi connectivity index (χ3n) is 1.92. The fraction of sp³-hybridized carbons (Fsp3) is 0.222. The summed E-state index contributed by atoms with van der Waals surface area (Å²) in [5.41, 5.74) is 2.10. The van der Waals surface area contributed by atoms with Crippen molar-refractivity contribution in [3.63, 3.8) is 0 Å². The zero-order chi connectivity index (χ0) is 8.72. The van der Waals surface area contributed by atoms with Crippen molar-refractivity contribution in [3.8, 4) is 0 Å². The van der Waals surface area contributed by atoms with Crippen molar-refractivity contribution in [1.82, 2.24) is 0 Å². The Morgan fingerprint density at radius 1 is 1.33 bits per heavy atom. The normalized spacial score (nSPS) is 13.7. The van der Waals surface area contributed by atoms with Gasteiger partial charge in [-0.15, -0.1) is 0 Å². The molecule has 0 bridgehead atoms. The molecule has 2 amide bonds. The summed E-state index contributed by atoms with van der Waals surface area (Å²) in [6.45, 7) is 3.90. The van der Waals surface area contributed by atoms with E-state index in [0.717, 1.165) is 11.1 Å². The minimum Gasteiger partial charge on any atom is -0.244 e. The summed E-state index contributed by atoms with van der Waals surface area (Å²) in [5, 5.41) is 1.21. The Kier molecular flexibility index (Phi) is 1.33. The number of carbonyl (C=O) groups excluding carboxylic acids is 1. The van der Waals surface area contributed by atoms with Gasteiger partial charge in [0.2, 0.25) is 0 Å². The topological polar surface area (TPSA) is 41.8 Å². The second-order valence-corrected chi connectivity index (χ2v) is 2.82. The van der Waals surface area contributed by atoms with Gasteiger partial charge in [-0.25, -0.2) is 4.79 Å². The molecule has 1 aromatic rings. The van der Waals surface area contributed by atoms with E-state index in [2.05, 4.69) is 16.1 Å². The lowest BCUT2D eigenvalue weighted by atomic mass is 10.1. The molecule has 3 nitrogen and oxygen atoms in total. The molecule has 1 aliphatic heterocycles. The SMILES string of the molecule is Cc1[c]c2c(cc1C)=NC(=O)N=2. The Labute approximate surface area is 69.5 Å². The van der Waals surface area contributed by atoms with Gasteiger partial charge >= 0.3 is 6.03 Å². The van der Waals surface area contributed by atoms with Crippen molar-refractivity contribution >= 4 is 6.03 Å². The molecule has 12 heavy (non-hydrogen) atoms. The second kappa shape index (κ2) is 2.24. The molecule has 1 heterocycles. The molecule has 0 spiro atoms. The molecule has 3 heteroatoms. The first-order valence-electron chi connectivity index (χ1n) is 3.68. The molecular formula is C9H7N2O. The maximum absolute atomic E-state index is 10.8. The Bertz CT molecular complexity index is 431. The molecule has 0 aromatic heterocycles. The fourth-order valence-electron chi connectivity index (χ4n) is 1.12. The van der Waals surface area contributed by atoms with Gasteiger partial charge < -0.3 is 0 Å². The molecule has 0 fully saturated rings. The molecule has 2 rings (SSSR count). The van der Waals surface area contributed by atoms with Crippen LogP contribution < -0.4 is 10.7 Å². The first kappa shape index (κ1) is 7.16. The van der Waals surface area contributed by atoms with Gasteiger partial charge in [-0.05, 0) is 31.0 Å². The molecular weight excluding hydrogens is 152 g/mol. The summed E-state index contributed by atoms with van der Waals surface area (Å²) >= 11 is 0. The summed E-state index contributed by atoms with van der Waals surface area (Å²) in [6.07, 6.45) is 0. The van der Waals surface area contributed by atoms with Crippen LogP contribution >= 0.6 is 0 Å². The summed E-state index contributed by atoms with van der Waals surface area (Å²) in [7, 11) is 0. The summed E-state index contributed by atoms with van der Waals surface area (Å²) in [5.74, 6) is 0. The lowest BCUT2D eigenvalue weighted by Gasteiger charge is -1.93. The fourth-order valence-corrected chi connectivity index (χ4v) is 1.12. The zero-order valence-electron chi connectivity index (χ0n) is 6.88. The van der Waals surface area contributed by atoms with Gasteiger partial charge in [0.1, 0.15) is 5.36 Å². The average Bonchev–Trinajstić information content (AvgIpc) is 2.30. The lowest BCUT2D eigenvalue weighted by molar-refractivity contribution is 0.256. The summed E-state index contributed by atoms with van der Waals surface area (Å²) in [4.78, 5) is 18.2. The van der Waals surface area contributed by atoms with Gasteiger partial charge in [0.05, 0.1) is 5.36 Å². The van der Waals surface area contributed by atoms with E-state index in [-0.39, 0.29) is 0 Å². The smallest absolute Gasteiger partial charge is 0.244 e. The molecule has 0 saturated carbocycles. The molecule has 0 atom stereocenters. The van der Waals surface area contributed by atoms with E-state index in [0.29, 0.717) is 10.7 Å². The van der Waals surface area contributed by atoms with Crippen molar-refractivity contribution in [3.05, 3.63) is 34.0 Å². The van der Waals surface area contributed by atoms with E-state index >= 15 is 0 Å². The number of aryl methyl sites for hydroxylation is 2. The van der Waals surface area contributed by atoms with Gasteiger partial charge in [0.25, 0.3) is 0 Å². The number of nitrogens with zero attached hydrogens (tertiary/aromatic N) is 2. The predicted octanol–water partition coefficient (Wildman–Crippen LogP) is 0.476. The number of rotatable bonds is 0. The standard InChI is InChI=1S/C9H7N2O/c1-5-3-7-8(4-6(5)2)11-9(12)10-7/h3H,1-2H3. The quantitative estimate of drug-likeness (QED) is 0.542. The number of benzene rings is 1. The molecule has 59 valence electrons. The molecule has 1 radical (unpaired) electrons. The molecule has 0 unspecified atom stereocenters. The highest BCUT2D eigenvalue weighted by atomic mass is 16.2. The van der Waals surface area contributed by atoms with Crippen LogP contribution in [0.4, 0.5) is 4.79 Å². The molecule has 0 aliphatic carbocycles. The minimum atomic E-state index is -0.425. The van der Waals surface area contributed by atoms with Gasteiger partial charge in [0, 0.05) is 6.07 Å². The third kappa shape index (κ3) is 0.942. The zero-order valence-corrected chi connectivity index (χ0v) is 6.88. The maximum Gasteiger partial charge on any atom is 0.368 e. The molecule has 0 saturated heterocycles. The summed E-state index contributed by atoms with van der Waals surface area (Å²) < 4.78 is 0. The van der Waals surface area contributed by atoms with Crippen LogP contribution in [0.3, 0.4) is 0 Å². The van der Waals surface area contributed by atoms with Crippen LogP contribution in [0, 0.1) is 19.9 Å². The van der Waals surface area contributed by atoms with Crippen LogP contribution in [0.25, 0.3) is 0 Å². The van der Waals surface area contributed by atoms with Crippen LogP contribution in [-0.2, 0) is 0 Å². The van der Waals surface area contributed by atoms with Gasteiger partial charge in [0.15, 0.2) is 0 Å². The van der Waals surface area contributed by atoms with Crippen LogP contribution in [0.5, 0.6) is 0 Å². The number of amides is 2. The maximum atomic E-state index is 10.8. The highest BCUT2D eigenvalue weighted by Gasteiger charge is 2.05. The van der Waals surface area contributed by atoms with Crippen molar-refractivity contribution in [2.45, 2.75) is 13.8 Å². The monoisotopic (exact) mass is 159 g/mol. The van der Waals surface area contributed by atoms with Crippen LogP contribution in [0.1, 0.15) is 11.1 Å². The van der Waals surface area contributed by atoms with E-state index in [4.69, 9.17) is 0 Å². The number of hydrogen-bond donors (Lipinski definition) is 0. The first-order valence-corrected chi connectivity index (χ1v) is 3.68. The van der Waals surface area contributed by atoms with E-state index < -0.39 is 6.03 Å². The highest BCUT2D eigenvalue weighted by Crippen LogP contribution is 1.98. The number of carbonyl (C=O) groups is 1. The van der Waals surface area contributed by atoms with Crippen LogP contribution in [0.15, 0.2) is 16.1 Å². The van der Waals surface area contributed by atoms with Gasteiger partial charge in [-0.1, -0.05) is 0 Å². The van der Waals surface area contributed by atoms with E-state index in [1.807, 2.05) is 19.9 Å². The van der Waals surface area contributed by atoms with Crippen LogP contribution in [0.2, 0.25) is 0 Å². The molecule has 1 aromatic carbocycles. The van der Waals surface area contributed by atoms with Crippen molar-refractivity contribution in [1.29, 1.82) is 0 Å². The summed E-state index contributed by atoms with van der Waals surface area (Å²) in [6, 6.07) is 4.44. The lowest BCUT2D eigenvalue weighted by Crippen LogP contribution is -2.22. The second-order valence-electron chi connectivity index (χ2n) is 2.82. The Hall–Kier alpha value is -1.51. The third-order valence-corrected chi connectivity index (χ3v) is 1.92. The van der Waals surface area contributed by atoms with E-state index in [1.165, 1.54) is 0 Å². The highest BCUT2D eigenvalue weighted by molar-refractivity contribution is 5.77. The van der Waals surface area contributed by atoms with Gasteiger partial charge in [-0.2, -0.15) is 9.98 Å². The molecule has 1 aliphatic rings. The van der Waals surface area contributed by atoms with Crippen molar-refractivity contribution < 1.29 is 4.79 Å². The minimum absolute atomic E-state index is 0.425. The Morgan fingerprint density at radius 2 is 2.08 bits per heavy atom. The van der Waals surface area contributed by atoms with Gasteiger partial charge in [-0.3, -0.25) is 0 Å². The number of urea groups is 1. The molecule has 0 N–H and O–H groups in total. The van der Waals surface area contributed by atoms with E-state index in [9.17, 15) is 4.79 Å². The number of hydrogen-bond acceptors (Lipinski definition) is 1. The Balaban J connectivity index is 2.89. The average molecular weight is 159 g/mol. The van der Waals surface area contributed by atoms with Crippen molar-refractivity contribution in [2.24, 2.45) is 9.98 Å². The Morgan fingerprint density at radius 3 is 2.83 bits per heavy atom. The predicted molar refractivity (Wildman–Crippen MR) is 42.5 cm³/mol. The number of fused-ring (bicyclic) bond motifs is 1. The largest absolute Gasteiger partial charge is 0.368 e.